The lowest BCUT2D eigenvalue weighted by atomic mass is 9.56. The number of hydrogen-bond donors (Lipinski definition) is 1. The first kappa shape index (κ1) is 11.2. The first-order valence-electron chi connectivity index (χ1n) is 5.91. The number of hydrogen-bond acceptors (Lipinski definition) is 2. The molecule has 0 radical (unpaired) electrons. The van der Waals surface area contributed by atoms with Crippen LogP contribution < -0.4 is 5.32 Å². The normalized spacial score (nSPS) is 28.7. The van der Waals surface area contributed by atoms with E-state index in [9.17, 15) is 0 Å². The average molecular weight is 223 g/mol. The highest BCUT2D eigenvalue weighted by Gasteiger charge is 2.48. The lowest BCUT2D eigenvalue weighted by Crippen LogP contribution is -2.55. The Morgan fingerprint density at radius 3 is 2.87 bits per heavy atom. The van der Waals surface area contributed by atoms with Crippen LogP contribution in [0.2, 0.25) is 0 Å². The van der Waals surface area contributed by atoms with Crippen LogP contribution in [-0.2, 0) is 0 Å². The smallest absolute Gasteiger partial charge is 0.0130 e. The first-order valence-corrected chi connectivity index (χ1v) is 6.86. The summed E-state index contributed by atoms with van der Waals surface area (Å²) in [7, 11) is 0. The molecule has 0 aliphatic heterocycles. The lowest BCUT2D eigenvalue weighted by molar-refractivity contribution is 0.0697. The molecule has 2 atom stereocenters. The Morgan fingerprint density at radius 1 is 1.53 bits per heavy atom. The summed E-state index contributed by atoms with van der Waals surface area (Å²) in [4.78, 5) is 0. The van der Waals surface area contributed by atoms with Crippen molar-refractivity contribution in [3.05, 3.63) is 22.4 Å². The topological polar surface area (TPSA) is 12.0 Å². The Labute approximate surface area is 96.9 Å². The molecule has 1 saturated carbocycles. The Kier molecular flexibility index (Phi) is 3.17. The van der Waals surface area contributed by atoms with E-state index >= 15 is 0 Å². The van der Waals surface area contributed by atoms with E-state index in [2.05, 4.69) is 42.9 Å². The van der Waals surface area contributed by atoms with E-state index < -0.39 is 0 Å². The van der Waals surface area contributed by atoms with Crippen LogP contribution >= 0.6 is 11.3 Å². The van der Waals surface area contributed by atoms with Crippen molar-refractivity contribution in [1.82, 2.24) is 5.32 Å². The third kappa shape index (κ3) is 1.98. The summed E-state index contributed by atoms with van der Waals surface area (Å²) in [5.74, 6) is 0.762. The highest BCUT2D eigenvalue weighted by Crippen LogP contribution is 2.52. The predicted molar refractivity (Wildman–Crippen MR) is 67.5 cm³/mol. The molecule has 2 unspecified atom stereocenters. The first-order chi connectivity index (χ1) is 7.16. The van der Waals surface area contributed by atoms with E-state index in [1.807, 2.05) is 11.3 Å². The van der Waals surface area contributed by atoms with Gasteiger partial charge in [0.05, 0.1) is 0 Å². The molecule has 84 valence electrons. The maximum atomic E-state index is 3.65. The predicted octanol–water partition coefficient (Wildman–Crippen LogP) is 3.63. The Hall–Kier alpha value is -0.340. The fourth-order valence-electron chi connectivity index (χ4n) is 2.63. The third-order valence-corrected chi connectivity index (χ3v) is 4.56. The molecule has 1 heterocycles. The maximum absolute atomic E-state index is 3.65. The minimum absolute atomic E-state index is 0.427. The van der Waals surface area contributed by atoms with E-state index in [4.69, 9.17) is 0 Å². The molecular formula is C13H21NS. The highest BCUT2D eigenvalue weighted by atomic mass is 32.1. The van der Waals surface area contributed by atoms with Gasteiger partial charge in [0.25, 0.3) is 0 Å². The van der Waals surface area contributed by atoms with Crippen LogP contribution in [0, 0.1) is 5.41 Å². The summed E-state index contributed by atoms with van der Waals surface area (Å²) in [6.07, 6.45) is 2.54. The van der Waals surface area contributed by atoms with E-state index in [0.717, 1.165) is 12.5 Å². The third-order valence-electron chi connectivity index (χ3n) is 3.85. The Morgan fingerprint density at radius 2 is 2.33 bits per heavy atom. The van der Waals surface area contributed by atoms with Crippen LogP contribution in [-0.4, -0.2) is 12.6 Å². The van der Waals surface area contributed by atoms with Crippen LogP contribution in [0.15, 0.2) is 16.8 Å². The zero-order valence-electron chi connectivity index (χ0n) is 9.92. The van der Waals surface area contributed by atoms with Crippen molar-refractivity contribution in [3.63, 3.8) is 0 Å². The summed E-state index contributed by atoms with van der Waals surface area (Å²) in [6.45, 7) is 8.18. The fourth-order valence-corrected chi connectivity index (χ4v) is 3.34. The second-order valence-corrected chi connectivity index (χ2v) is 5.95. The van der Waals surface area contributed by atoms with Crippen molar-refractivity contribution >= 4 is 11.3 Å². The van der Waals surface area contributed by atoms with Gasteiger partial charge in [-0.15, -0.1) is 0 Å². The van der Waals surface area contributed by atoms with E-state index in [-0.39, 0.29) is 0 Å². The minimum Gasteiger partial charge on any atom is -0.313 e. The highest BCUT2D eigenvalue weighted by molar-refractivity contribution is 7.08. The van der Waals surface area contributed by atoms with Gasteiger partial charge in [0.1, 0.15) is 0 Å². The van der Waals surface area contributed by atoms with Gasteiger partial charge in [-0.1, -0.05) is 20.8 Å². The SMILES string of the molecule is CCCNC1CC(c2ccsc2)C1(C)C. The number of rotatable bonds is 4. The van der Waals surface area contributed by atoms with Gasteiger partial charge < -0.3 is 5.32 Å². The molecule has 2 heteroatoms. The van der Waals surface area contributed by atoms with E-state index in [1.165, 1.54) is 12.8 Å². The summed E-state index contributed by atoms with van der Waals surface area (Å²) >= 11 is 1.82. The quantitative estimate of drug-likeness (QED) is 0.822. The standard InChI is InChI=1S/C13H21NS/c1-4-6-14-12-8-11(13(12,2)3)10-5-7-15-9-10/h5,7,9,11-12,14H,4,6,8H2,1-3H3. The van der Waals surface area contributed by atoms with Gasteiger partial charge in [0.15, 0.2) is 0 Å². The van der Waals surface area contributed by atoms with Gasteiger partial charge >= 0.3 is 0 Å². The van der Waals surface area contributed by atoms with E-state index in [1.54, 1.807) is 5.56 Å². The molecule has 15 heavy (non-hydrogen) atoms. The molecule has 1 aliphatic rings. The van der Waals surface area contributed by atoms with Crippen LogP contribution in [0.4, 0.5) is 0 Å². The van der Waals surface area contributed by atoms with Crippen molar-refractivity contribution < 1.29 is 0 Å². The Bertz CT molecular complexity index is 302. The number of thiophene rings is 1. The van der Waals surface area contributed by atoms with Gasteiger partial charge in [-0.05, 0) is 53.1 Å². The molecule has 0 saturated heterocycles. The van der Waals surface area contributed by atoms with Crippen LogP contribution in [0.1, 0.15) is 45.1 Å². The summed E-state index contributed by atoms with van der Waals surface area (Å²) in [6, 6.07) is 3.00. The molecule has 0 bridgehead atoms. The Balaban J connectivity index is 1.97. The van der Waals surface area contributed by atoms with E-state index in [0.29, 0.717) is 11.5 Å². The van der Waals surface area contributed by atoms with Gasteiger partial charge in [0.2, 0.25) is 0 Å². The monoisotopic (exact) mass is 223 g/mol. The van der Waals surface area contributed by atoms with Crippen molar-refractivity contribution in [2.45, 2.75) is 45.6 Å². The van der Waals surface area contributed by atoms with Gasteiger partial charge in [-0.3, -0.25) is 0 Å². The van der Waals surface area contributed by atoms with Crippen molar-refractivity contribution in [2.75, 3.05) is 6.54 Å². The second kappa shape index (κ2) is 4.26. The molecule has 1 aromatic rings. The molecule has 1 fully saturated rings. The molecule has 1 nitrogen and oxygen atoms in total. The summed E-state index contributed by atoms with van der Waals surface area (Å²) < 4.78 is 0. The molecule has 2 rings (SSSR count). The maximum Gasteiger partial charge on any atom is 0.0130 e. The minimum atomic E-state index is 0.427. The van der Waals surface area contributed by atoms with Crippen LogP contribution in [0.3, 0.4) is 0 Å². The second-order valence-electron chi connectivity index (χ2n) is 5.17. The van der Waals surface area contributed by atoms with Gasteiger partial charge in [-0.2, -0.15) is 11.3 Å². The van der Waals surface area contributed by atoms with Crippen molar-refractivity contribution in [1.29, 1.82) is 0 Å². The van der Waals surface area contributed by atoms with Crippen LogP contribution in [0.5, 0.6) is 0 Å². The van der Waals surface area contributed by atoms with Crippen LogP contribution in [0.25, 0.3) is 0 Å². The average Bonchev–Trinajstić information content (AvgIpc) is 2.69. The summed E-state index contributed by atoms with van der Waals surface area (Å²) in [5.41, 5.74) is 1.97. The zero-order chi connectivity index (χ0) is 10.9. The zero-order valence-corrected chi connectivity index (χ0v) is 10.7. The lowest BCUT2D eigenvalue weighted by Gasteiger charge is -2.52. The largest absolute Gasteiger partial charge is 0.313 e. The summed E-state index contributed by atoms with van der Waals surface area (Å²) in [5, 5.41) is 8.16. The fraction of sp³-hybridized carbons (Fsp3) is 0.692. The van der Waals surface area contributed by atoms with Gasteiger partial charge in [-0.25, -0.2) is 0 Å². The molecule has 1 aromatic heterocycles. The van der Waals surface area contributed by atoms with Crippen molar-refractivity contribution in [2.24, 2.45) is 5.41 Å². The van der Waals surface area contributed by atoms with Crippen molar-refractivity contribution in [3.8, 4) is 0 Å². The molecular weight excluding hydrogens is 202 g/mol. The number of nitrogens with one attached hydrogen (secondary N) is 1. The van der Waals surface area contributed by atoms with Gasteiger partial charge in [0, 0.05) is 6.04 Å². The molecule has 0 spiro atoms. The molecule has 0 aromatic carbocycles. The molecule has 0 amide bonds. The molecule has 1 aliphatic carbocycles. The molecule has 1 N–H and O–H groups in total.